The molecule has 19 heavy (non-hydrogen) atoms. The van der Waals surface area contributed by atoms with Crippen molar-refractivity contribution in [3.63, 3.8) is 0 Å². The average Bonchev–Trinajstić information content (AvgIpc) is 2.76. The summed E-state index contributed by atoms with van der Waals surface area (Å²) in [5.41, 5.74) is 0. The Kier molecular flexibility index (Phi) is 5.79. The normalized spacial score (nSPS) is 13.2. The summed E-state index contributed by atoms with van der Waals surface area (Å²) in [6.07, 6.45) is 0.354. The van der Waals surface area contributed by atoms with Gasteiger partial charge in [0.15, 0.2) is 0 Å². The van der Waals surface area contributed by atoms with Gasteiger partial charge in [-0.1, -0.05) is 18.3 Å². The van der Waals surface area contributed by atoms with E-state index < -0.39 is 16.1 Å². The molecule has 0 bridgehead atoms. The van der Waals surface area contributed by atoms with E-state index in [1.165, 1.54) is 6.92 Å². The van der Waals surface area contributed by atoms with Crippen LogP contribution in [0.3, 0.4) is 0 Å². The number of aliphatic hydroxyl groups is 1. The molecule has 0 aliphatic rings. The average molecular weight is 308 g/mol. The van der Waals surface area contributed by atoms with Gasteiger partial charge < -0.3 is 10.4 Å². The molecule has 0 spiro atoms. The van der Waals surface area contributed by atoms with E-state index >= 15 is 0 Å². The van der Waals surface area contributed by atoms with Crippen LogP contribution in [0.2, 0.25) is 0 Å². The van der Waals surface area contributed by atoms with Crippen LogP contribution in [-0.2, 0) is 14.8 Å². The van der Waals surface area contributed by atoms with E-state index in [9.17, 15) is 18.3 Å². The number of carbonyl (C=O) groups excluding carboxylic acids is 1. The van der Waals surface area contributed by atoms with Crippen LogP contribution in [0.15, 0.2) is 4.34 Å². The maximum absolute atomic E-state index is 11.8. The number of nitrogens with one attached hydrogen (secondary N) is 2. The van der Waals surface area contributed by atoms with Crippen LogP contribution in [0, 0.1) is 0 Å². The second-order valence-corrected chi connectivity index (χ2v) is 6.72. The summed E-state index contributed by atoms with van der Waals surface area (Å²) in [5.74, 6) is -0.348. The van der Waals surface area contributed by atoms with Gasteiger partial charge in [-0.3, -0.25) is 4.79 Å². The number of carbonyl (C=O) groups is 1. The molecule has 8 nitrogen and oxygen atoms in total. The molecule has 0 aliphatic carbocycles. The van der Waals surface area contributed by atoms with Crippen LogP contribution in [-0.4, -0.2) is 42.3 Å². The van der Waals surface area contributed by atoms with E-state index in [0.29, 0.717) is 12.8 Å². The second-order valence-electron chi connectivity index (χ2n) is 3.80. The fraction of sp³-hybridized carbons (Fsp3) is 0.667. The Morgan fingerprint density at radius 1 is 1.47 bits per heavy atom. The van der Waals surface area contributed by atoms with Crippen LogP contribution in [0.4, 0.5) is 5.13 Å². The first-order valence-corrected chi connectivity index (χ1v) is 7.94. The molecule has 1 aromatic heterocycles. The zero-order chi connectivity index (χ0) is 14.5. The molecule has 108 valence electrons. The lowest BCUT2D eigenvalue weighted by molar-refractivity contribution is -0.114. The predicted molar refractivity (Wildman–Crippen MR) is 70.3 cm³/mol. The topological polar surface area (TPSA) is 121 Å². The highest BCUT2D eigenvalue weighted by Crippen LogP contribution is 2.19. The number of hydrogen-bond donors (Lipinski definition) is 3. The molecule has 1 unspecified atom stereocenters. The lowest BCUT2D eigenvalue weighted by Gasteiger charge is -2.07. The first kappa shape index (κ1) is 16.0. The van der Waals surface area contributed by atoms with Crippen molar-refractivity contribution >= 4 is 32.4 Å². The summed E-state index contributed by atoms with van der Waals surface area (Å²) in [4.78, 5) is 10.8. The molecule has 3 N–H and O–H groups in total. The smallest absolute Gasteiger partial charge is 0.269 e. The first-order valence-electron chi connectivity index (χ1n) is 5.64. The van der Waals surface area contributed by atoms with Crippen molar-refractivity contribution in [1.82, 2.24) is 14.9 Å². The Hall–Kier alpha value is -1.10. The van der Waals surface area contributed by atoms with Crippen molar-refractivity contribution in [3.05, 3.63) is 0 Å². The van der Waals surface area contributed by atoms with Gasteiger partial charge in [-0.25, -0.2) is 13.1 Å². The molecule has 10 heteroatoms. The van der Waals surface area contributed by atoms with Crippen LogP contribution < -0.4 is 10.0 Å². The number of rotatable bonds is 7. The molecule has 1 atom stereocenters. The molecular weight excluding hydrogens is 292 g/mol. The fourth-order valence-corrected chi connectivity index (χ4v) is 3.18. The third kappa shape index (κ3) is 5.19. The standard InChI is InChI=1S/C9H16N4O4S2/c1-3-7(15)4-5-10-19(16,17)9-13-12-8(18-9)11-6(2)14/h7,10,15H,3-5H2,1-2H3,(H,11,12,14). The molecule has 0 saturated carbocycles. The molecule has 1 amide bonds. The van der Waals surface area contributed by atoms with E-state index in [4.69, 9.17) is 0 Å². The number of anilines is 1. The van der Waals surface area contributed by atoms with Crippen LogP contribution in [0.25, 0.3) is 0 Å². The van der Waals surface area contributed by atoms with Gasteiger partial charge in [-0.2, -0.15) is 0 Å². The highest BCUT2D eigenvalue weighted by Gasteiger charge is 2.20. The molecule has 1 aromatic rings. The van der Waals surface area contributed by atoms with Crippen LogP contribution in [0.1, 0.15) is 26.7 Å². The van der Waals surface area contributed by atoms with Crippen molar-refractivity contribution in [1.29, 1.82) is 0 Å². The summed E-state index contributed by atoms with van der Waals surface area (Å²) in [7, 11) is -3.75. The third-order valence-electron chi connectivity index (χ3n) is 2.16. The summed E-state index contributed by atoms with van der Waals surface area (Å²) in [6.45, 7) is 3.22. The van der Waals surface area contributed by atoms with Gasteiger partial charge in [-0.15, -0.1) is 10.2 Å². The van der Waals surface area contributed by atoms with Gasteiger partial charge in [0.1, 0.15) is 0 Å². The molecule has 1 heterocycles. The molecule has 0 radical (unpaired) electrons. The molecule has 1 rings (SSSR count). The SMILES string of the molecule is CCC(O)CCNS(=O)(=O)c1nnc(NC(C)=O)s1. The minimum Gasteiger partial charge on any atom is -0.393 e. The number of amides is 1. The first-order chi connectivity index (χ1) is 8.85. The van der Waals surface area contributed by atoms with Crippen molar-refractivity contribution < 1.29 is 18.3 Å². The zero-order valence-electron chi connectivity index (χ0n) is 10.6. The van der Waals surface area contributed by atoms with E-state index in [-0.39, 0.29) is 21.9 Å². The van der Waals surface area contributed by atoms with Gasteiger partial charge in [0.25, 0.3) is 10.0 Å². The number of aliphatic hydroxyl groups excluding tert-OH is 1. The highest BCUT2D eigenvalue weighted by molar-refractivity contribution is 7.91. The van der Waals surface area contributed by atoms with Crippen molar-refractivity contribution in [2.75, 3.05) is 11.9 Å². The summed E-state index contributed by atoms with van der Waals surface area (Å²) >= 11 is 0.766. The number of hydrogen-bond acceptors (Lipinski definition) is 7. The monoisotopic (exact) mass is 308 g/mol. The van der Waals surface area contributed by atoms with Crippen LogP contribution >= 0.6 is 11.3 Å². The Morgan fingerprint density at radius 3 is 2.74 bits per heavy atom. The molecular formula is C9H16N4O4S2. The molecule has 0 aromatic carbocycles. The van der Waals surface area contributed by atoms with E-state index in [2.05, 4.69) is 20.2 Å². The maximum atomic E-state index is 11.8. The molecule has 0 fully saturated rings. The Labute approximate surface area is 115 Å². The van der Waals surface area contributed by atoms with E-state index in [0.717, 1.165) is 11.3 Å². The lowest BCUT2D eigenvalue weighted by Crippen LogP contribution is -2.27. The quantitative estimate of drug-likeness (QED) is 0.607. The van der Waals surface area contributed by atoms with Gasteiger partial charge in [0, 0.05) is 13.5 Å². The summed E-state index contributed by atoms with van der Waals surface area (Å²) < 4.78 is 25.7. The van der Waals surface area contributed by atoms with Crippen molar-refractivity contribution in [2.24, 2.45) is 0 Å². The second kappa shape index (κ2) is 6.89. The minimum atomic E-state index is -3.75. The highest BCUT2D eigenvalue weighted by atomic mass is 32.2. The lowest BCUT2D eigenvalue weighted by atomic mass is 10.2. The maximum Gasteiger partial charge on any atom is 0.269 e. The van der Waals surface area contributed by atoms with Gasteiger partial charge in [-0.05, 0) is 12.8 Å². The van der Waals surface area contributed by atoms with Gasteiger partial charge in [0.2, 0.25) is 15.4 Å². The largest absolute Gasteiger partial charge is 0.393 e. The van der Waals surface area contributed by atoms with Gasteiger partial charge in [0.05, 0.1) is 6.10 Å². The number of nitrogens with zero attached hydrogens (tertiary/aromatic N) is 2. The fourth-order valence-electron chi connectivity index (χ4n) is 1.15. The predicted octanol–water partition coefficient (Wildman–Crippen LogP) is -0.0642. The van der Waals surface area contributed by atoms with Crippen LogP contribution in [0.5, 0.6) is 0 Å². The Morgan fingerprint density at radius 2 is 2.16 bits per heavy atom. The molecule has 0 aliphatic heterocycles. The summed E-state index contributed by atoms with van der Waals surface area (Å²) in [6, 6.07) is 0. The molecule has 0 saturated heterocycles. The summed E-state index contributed by atoms with van der Waals surface area (Å²) in [5, 5.41) is 18.9. The zero-order valence-corrected chi connectivity index (χ0v) is 12.2. The van der Waals surface area contributed by atoms with E-state index in [1.54, 1.807) is 0 Å². The Balaban J connectivity index is 2.62. The minimum absolute atomic E-state index is 0.117. The van der Waals surface area contributed by atoms with Crippen molar-refractivity contribution in [3.8, 4) is 0 Å². The van der Waals surface area contributed by atoms with Gasteiger partial charge >= 0.3 is 0 Å². The number of aromatic nitrogens is 2. The number of sulfonamides is 1. The van der Waals surface area contributed by atoms with Crippen molar-refractivity contribution in [2.45, 2.75) is 37.1 Å². The third-order valence-corrected chi connectivity index (χ3v) is 4.83. The Bertz CT molecular complexity index is 528. The van der Waals surface area contributed by atoms with E-state index in [1.807, 2.05) is 6.92 Å².